The highest BCUT2D eigenvalue weighted by Crippen LogP contribution is 2.16. The normalized spacial score (nSPS) is 10.3. The van der Waals surface area contributed by atoms with Crippen LogP contribution in [0.15, 0.2) is 24.3 Å². The van der Waals surface area contributed by atoms with E-state index in [9.17, 15) is 9.59 Å². The van der Waals surface area contributed by atoms with Gasteiger partial charge in [-0.3, -0.25) is 14.5 Å². The molecule has 2 amide bonds. The fraction of sp³-hybridized carbons (Fsp3) is 0.385. The molecule has 0 heterocycles. The van der Waals surface area contributed by atoms with E-state index in [4.69, 9.17) is 16.3 Å². The Morgan fingerprint density at radius 3 is 2.22 bits per heavy atom. The van der Waals surface area contributed by atoms with Gasteiger partial charge in [0.1, 0.15) is 5.75 Å². The molecule has 0 aliphatic heterocycles. The van der Waals surface area contributed by atoms with Crippen LogP contribution < -0.4 is 4.74 Å². The van der Waals surface area contributed by atoms with Crippen molar-refractivity contribution in [2.24, 2.45) is 0 Å². The molecule has 1 aromatic rings. The minimum Gasteiger partial charge on any atom is -0.494 e. The lowest BCUT2D eigenvalue weighted by molar-refractivity contribution is 0.0785. The largest absolute Gasteiger partial charge is 0.494 e. The average molecular weight is 270 g/mol. The standard InChI is InChI=1S/C13H16ClNO3/c1-4-18-11-7-5-10(6-8-11)12(16)15(9(2)3)13(14)17/h5-9H,4H2,1-3H3. The molecule has 0 aliphatic carbocycles. The van der Waals surface area contributed by atoms with Crippen LogP contribution in [0.3, 0.4) is 0 Å². The SMILES string of the molecule is CCOc1ccc(C(=O)N(C(=O)Cl)C(C)C)cc1. The molecule has 0 N–H and O–H groups in total. The summed E-state index contributed by atoms with van der Waals surface area (Å²) < 4.78 is 5.28. The number of halogens is 1. The van der Waals surface area contributed by atoms with Crippen molar-refractivity contribution in [3.05, 3.63) is 29.8 Å². The van der Waals surface area contributed by atoms with Gasteiger partial charge in [0.05, 0.1) is 6.61 Å². The lowest BCUT2D eigenvalue weighted by atomic mass is 10.2. The predicted molar refractivity (Wildman–Crippen MR) is 70.2 cm³/mol. The van der Waals surface area contributed by atoms with Crippen LogP contribution in [-0.2, 0) is 0 Å². The fourth-order valence-electron chi connectivity index (χ4n) is 1.52. The van der Waals surface area contributed by atoms with Gasteiger partial charge in [0.15, 0.2) is 0 Å². The molecule has 0 saturated carbocycles. The van der Waals surface area contributed by atoms with Crippen LogP contribution in [0.2, 0.25) is 0 Å². The van der Waals surface area contributed by atoms with Crippen molar-refractivity contribution in [3.8, 4) is 5.75 Å². The minimum atomic E-state index is -0.774. The highest BCUT2D eigenvalue weighted by atomic mass is 35.5. The molecule has 0 spiro atoms. The molecule has 0 fully saturated rings. The number of imide groups is 1. The minimum absolute atomic E-state index is 0.283. The van der Waals surface area contributed by atoms with E-state index in [-0.39, 0.29) is 6.04 Å². The highest BCUT2D eigenvalue weighted by molar-refractivity contribution is 6.64. The van der Waals surface area contributed by atoms with E-state index in [0.29, 0.717) is 17.9 Å². The maximum atomic E-state index is 12.1. The number of hydrogen-bond donors (Lipinski definition) is 0. The number of carbonyl (C=O) groups is 2. The van der Waals surface area contributed by atoms with Gasteiger partial charge < -0.3 is 4.74 Å². The summed E-state index contributed by atoms with van der Waals surface area (Å²) in [5.41, 5.74) is 0.404. The van der Waals surface area contributed by atoms with Crippen molar-refractivity contribution in [2.75, 3.05) is 6.61 Å². The van der Waals surface area contributed by atoms with E-state index in [0.717, 1.165) is 4.90 Å². The van der Waals surface area contributed by atoms with Crippen LogP contribution in [0.4, 0.5) is 4.79 Å². The maximum absolute atomic E-state index is 12.1. The highest BCUT2D eigenvalue weighted by Gasteiger charge is 2.23. The summed E-state index contributed by atoms with van der Waals surface area (Å²) in [6.45, 7) is 5.90. The zero-order valence-electron chi connectivity index (χ0n) is 10.6. The first-order valence-corrected chi connectivity index (χ1v) is 6.11. The third-order valence-electron chi connectivity index (χ3n) is 2.34. The second kappa shape index (κ2) is 6.40. The second-order valence-corrected chi connectivity index (χ2v) is 4.30. The van der Waals surface area contributed by atoms with E-state index in [1.807, 2.05) is 6.92 Å². The molecule has 98 valence electrons. The average Bonchev–Trinajstić information content (AvgIpc) is 2.29. The van der Waals surface area contributed by atoms with Crippen LogP contribution in [0.1, 0.15) is 31.1 Å². The van der Waals surface area contributed by atoms with Crippen LogP contribution >= 0.6 is 11.6 Å². The monoisotopic (exact) mass is 269 g/mol. The van der Waals surface area contributed by atoms with Gasteiger partial charge in [-0.1, -0.05) is 0 Å². The van der Waals surface area contributed by atoms with Crippen molar-refractivity contribution in [3.63, 3.8) is 0 Å². The molecule has 18 heavy (non-hydrogen) atoms. The fourth-order valence-corrected chi connectivity index (χ4v) is 1.79. The van der Waals surface area contributed by atoms with E-state index in [1.165, 1.54) is 0 Å². The Balaban J connectivity index is 2.92. The topological polar surface area (TPSA) is 46.6 Å². The van der Waals surface area contributed by atoms with Gasteiger partial charge in [0.2, 0.25) is 0 Å². The molecule has 0 aromatic heterocycles. The summed E-state index contributed by atoms with van der Waals surface area (Å²) in [6, 6.07) is 6.32. The summed E-state index contributed by atoms with van der Waals surface area (Å²) in [5, 5.41) is -0.774. The smallest absolute Gasteiger partial charge is 0.323 e. The number of hydrogen-bond acceptors (Lipinski definition) is 3. The molecule has 5 heteroatoms. The lowest BCUT2D eigenvalue weighted by Gasteiger charge is -2.21. The van der Waals surface area contributed by atoms with Gasteiger partial charge >= 0.3 is 5.37 Å². The quantitative estimate of drug-likeness (QED) is 0.622. The Bertz CT molecular complexity index is 428. The van der Waals surface area contributed by atoms with Gasteiger partial charge in [-0.05, 0) is 56.6 Å². The van der Waals surface area contributed by atoms with Crippen LogP contribution in [-0.4, -0.2) is 28.8 Å². The number of ether oxygens (including phenoxy) is 1. The number of benzene rings is 1. The van der Waals surface area contributed by atoms with Gasteiger partial charge in [-0.2, -0.15) is 0 Å². The Labute approximate surface area is 111 Å². The van der Waals surface area contributed by atoms with Gasteiger partial charge in [0, 0.05) is 11.6 Å². The van der Waals surface area contributed by atoms with Gasteiger partial charge in [0.25, 0.3) is 5.91 Å². The molecule has 4 nitrogen and oxygen atoms in total. The lowest BCUT2D eigenvalue weighted by Crippen LogP contribution is -2.38. The Morgan fingerprint density at radius 2 is 1.83 bits per heavy atom. The summed E-state index contributed by atoms with van der Waals surface area (Å²) >= 11 is 5.41. The van der Waals surface area contributed by atoms with Crippen molar-refractivity contribution >= 4 is 22.9 Å². The molecule has 0 aliphatic rings. The first-order chi connectivity index (χ1) is 8.47. The van der Waals surface area contributed by atoms with Gasteiger partial charge in [-0.15, -0.1) is 0 Å². The molecule has 0 bridgehead atoms. The predicted octanol–water partition coefficient (Wildman–Crippen LogP) is 3.29. The van der Waals surface area contributed by atoms with E-state index in [1.54, 1.807) is 38.1 Å². The Hall–Kier alpha value is -1.55. The molecule has 0 atom stereocenters. The number of nitrogens with zero attached hydrogens (tertiary/aromatic N) is 1. The molecule has 1 rings (SSSR count). The van der Waals surface area contributed by atoms with Gasteiger partial charge in [-0.25, -0.2) is 0 Å². The van der Waals surface area contributed by atoms with E-state index in [2.05, 4.69) is 0 Å². The molecular weight excluding hydrogens is 254 g/mol. The van der Waals surface area contributed by atoms with Crippen molar-refractivity contribution in [1.29, 1.82) is 0 Å². The summed E-state index contributed by atoms with van der Waals surface area (Å²) in [6.07, 6.45) is 0. The first kappa shape index (κ1) is 14.5. The maximum Gasteiger partial charge on any atom is 0.323 e. The van der Waals surface area contributed by atoms with Crippen LogP contribution in [0.25, 0.3) is 0 Å². The second-order valence-electron chi connectivity index (χ2n) is 3.98. The van der Waals surface area contributed by atoms with E-state index < -0.39 is 11.3 Å². The third-order valence-corrected chi connectivity index (χ3v) is 2.52. The molecule has 0 unspecified atom stereocenters. The summed E-state index contributed by atoms with van der Waals surface area (Å²) in [4.78, 5) is 24.3. The number of rotatable bonds is 4. The van der Waals surface area contributed by atoms with E-state index >= 15 is 0 Å². The number of amides is 2. The zero-order chi connectivity index (χ0) is 13.7. The van der Waals surface area contributed by atoms with Crippen LogP contribution in [0.5, 0.6) is 5.75 Å². The van der Waals surface area contributed by atoms with Crippen molar-refractivity contribution < 1.29 is 14.3 Å². The molecule has 1 aromatic carbocycles. The Morgan fingerprint density at radius 1 is 1.28 bits per heavy atom. The first-order valence-electron chi connectivity index (χ1n) is 5.73. The molecular formula is C13H16ClNO3. The summed E-state index contributed by atoms with van der Waals surface area (Å²) in [7, 11) is 0. The Kier molecular flexibility index (Phi) is 5.16. The third kappa shape index (κ3) is 3.47. The van der Waals surface area contributed by atoms with Crippen molar-refractivity contribution in [1.82, 2.24) is 4.90 Å². The number of carbonyl (C=O) groups excluding carboxylic acids is 2. The molecule has 0 radical (unpaired) electrons. The molecule has 0 saturated heterocycles. The van der Waals surface area contributed by atoms with Crippen molar-refractivity contribution in [2.45, 2.75) is 26.8 Å². The zero-order valence-corrected chi connectivity index (χ0v) is 11.4. The van der Waals surface area contributed by atoms with Crippen LogP contribution in [0, 0.1) is 0 Å². The summed E-state index contributed by atoms with van der Waals surface area (Å²) in [5.74, 6) is 0.274.